The molecule has 0 radical (unpaired) electrons. The van der Waals surface area contributed by atoms with Gasteiger partial charge in [-0.15, -0.1) is 11.3 Å². The molecule has 25 heavy (non-hydrogen) atoms. The van der Waals surface area contributed by atoms with Crippen LogP contribution < -0.4 is 10.9 Å². The van der Waals surface area contributed by atoms with E-state index < -0.39 is 6.04 Å². The number of thiocarbonyl (C=S) groups is 1. The predicted molar refractivity (Wildman–Crippen MR) is 105 cm³/mol. The third kappa shape index (κ3) is 2.61. The largest absolute Gasteiger partial charge is 0.339 e. The average Bonchev–Trinajstić information content (AvgIpc) is 3.14. The van der Waals surface area contributed by atoms with E-state index in [2.05, 4.69) is 10.3 Å². The van der Waals surface area contributed by atoms with Crippen molar-refractivity contribution in [3.8, 4) is 0 Å². The van der Waals surface area contributed by atoms with Crippen molar-refractivity contribution >= 4 is 55.5 Å². The number of rotatable bonds is 2. The quantitative estimate of drug-likeness (QED) is 0.540. The van der Waals surface area contributed by atoms with Gasteiger partial charge in [-0.05, 0) is 13.0 Å². The van der Waals surface area contributed by atoms with E-state index in [9.17, 15) is 9.59 Å². The fourth-order valence-corrected chi connectivity index (χ4v) is 5.12. The molecule has 1 aliphatic heterocycles. The van der Waals surface area contributed by atoms with Crippen LogP contribution in [0.1, 0.15) is 27.8 Å². The van der Waals surface area contributed by atoms with E-state index in [0.717, 1.165) is 10.1 Å². The summed E-state index contributed by atoms with van der Waals surface area (Å²) >= 11 is 8.19. The zero-order valence-electron chi connectivity index (χ0n) is 13.4. The number of nitrogens with one attached hydrogen (secondary N) is 1. The average molecular weight is 388 g/mol. The zero-order valence-corrected chi connectivity index (χ0v) is 15.8. The van der Waals surface area contributed by atoms with Gasteiger partial charge < -0.3 is 5.32 Å². The molecule has 1 amide bonds. The van der Waals surface area contributed by atoms with Crippen molar-refractivity contribution < 1.29 is 4.79 Å². The fraction of sp³-hybridized carbons (Fsp3) is 0.176. The molecular weight excluding hydrogens is 374 g/mol. The van der Waals surface area contributed by atoms with Crippen LogP contribution in [-0.2, 0) is 7.05 Å². The first-order valence-electron chi connectivity index (χ1n) is 7.53. The number of hydrogen-bond donors (Lipinski definition) is 1. The number of nitrogens with zero attached hydrogens (tertiary/aromatic N) is 2. The van der Waals surface area contributed by atoms with Gasteiger partial charge in [0.15, 0.2) is 0 Å². The van der Waals surface area contributed by atoms with E-state index in [1.54, 1.807) is 14.0 Å². The Labute approximate surface area is 157 Å². The van der Waals surface area contributed by atoms with E-state index in [1.165, 1.54) is 27.7 Å². The van der Waals surface area contributed by atoms with Gasteiger partial charge in [0.05, 0.1) is 15.3 Å². The molecule has 0 spiro atoms. The first-order chi connectivity index (χ1) is 12.0. The molecule has 1 aliphatic rings. The summed E-state index contributed by atoms with van der Waals surface area (Å²) < 4.78 is 3.06. The van der Waals surface area contributed by atoms with E-state index in [0.29, 0.717) is 26.2 Å². The maximum absolute atomic E-state index is 12.8. The van der Waals surface area contributed by atoms with Crippen LogP contribution in [0.25, 0.3) is 10.1 Å². The molecule has 126 valence electrons. The first-order valence-corrected chi connectivity index (χ1v) is 9.64. The summed E-state index contributed by atoms with van der Waals surface area (Å²) in [4.78, 5) is 29.8. The highest BCUT2D eigenvalue weighted by Gasteiger charge is 2.35. The van der Waals surface area contributed by atoms with Crippen LogP contribution in [-0.4, -0.2) is 19.7 Å². The van der Waals surface area contributed by atoms with Crippen LogP contribution in [0.3, 0.4) is 0 Å². The van der Waals surface area contributed by atoms with Crippen LogP contribution in [0.5, 0.6) is 0 Å². The van der Waals surface area contributed by atoms with Gasteiger partial charge in [-0.3, -0.25) is 14.2 Å². The van der Waals surface area contributed by atoms with Crippen molar-refractivity contribution in [3.63, 3.8) is 0 Å². The molecule has 4 rings (SSSR count). The lowest BCUT2D eigenvalue weighted by Crippen LogP contribution is -2.35. The third-order valence-corrected chi connectivity index (χ3v) is 6.63. The summed E-state index contributed by atoms with van der Waals surface area (Å²) in [5.41, 5.74) is 0.880. The number of amides is 1. The molecule has 1 atom stereocenters. The Balaban J connectivity index is 1.73. The van der Waals surface area contributed by atoms with Crippen LogP contribution in [0.4, 0.5) is 0 Å². The van der Waals surface area contributed by atoms with Crippen LogP contribution >= 0.6 is 35.3 Å². The highest BCUT2D eigenvalue weighted by atomic mass is 32.2. The molecule has 8 heteroatoms. The summed E-state index contributed by atoms with van der Waals surface area (Å²) in [6, 6.07) is 7.13. The maximum Gasteiger partial charge on any atom is 0.260 e. The molecular formula is C17H13N3O2S3. The Bertz CT molecular complexity index is 1100. The predicted octanol–water partition coefficient (Wildman–Crippen LogP) is 3.21. The Morgan fingerprint density at radius 3 is 2.92 bits per heavy atom. The Morgan fingerprint density at radius 2 is 2.12 bits per heavy atom. The summed E-state index contributed by atoms with van der Waals surface area (Å²) in [6.45, 7) is 1.77. The lowest BCUT2D eigenvalue weighted by molar-refractivity contribution is 0.0949. The van der Waals surface area contributed by atoms with Gasteiger partial charge >= 0.3 is 0 Å². The number of thioether (sulfide) groups is 1. The Kier molecular flexibility index (Phi) is 3.98. The number of aryl methyl sites for hydroxylation is 1. The zero-order chi connectivity index (χ0) is 17.7. The van der Waals surface area contributed by atoms with Crippen molar-refractivity contribution in [3.05, 3.63) is 57.0 Å². The highest BCUT2D eigenvalue weighted by Crippen LogP contribution is 2.37. The molecule has 5 nitrogen and oxygen atoms in total. The van der Waals surface area contributed by atoms with Gasteiger partial charge in [-0.2, -0.15) is 0 Å². The fourth-order valence-electron chi connectivity index (χ4n) is 2.79. The second kappa shape index (κ2) is 6.05. The molecule has 1 aromatic carbocycles. The summed E-state index contributed by atoms with van der Waals surface area (Å²) in [5.74, 6) is 0.385. The van der Waals surface area contributed by atoms with Crippen molar-refractivity contribution in [1.29, 1.82) is 0 Å². The molecule has 0 aliphatic carbocycles. The van der Waals surface area contributed by atoms with Gasteiger partial charge in [0.25, 0.3) is 11.5 Å². The molecule has 0 fully saturated rings. The van der Waals surface area contributed by atoms with Crippen LogP contribution in [0, 0.1) is 6.92 Å². The highest BCUT2D eigenvalue weighted by molar-refractivity contribution is 8.23. The van der Waals surface area contributed by atoms with E-state index in [1.807, 2.05) is 29.6 Å². The summed E-state index contributed by atoms with van der Waals surface area (Å²) in [7, 11) is 1.67. The number of hydrogen-bond acceptors (Lipinski definition) is 6. The minimum Gasteiger partial charge on any atom is -0.339 e. The third-order valence-electron chi connectivity index (χ3n) is 4.24. The molecule has 3 heterocycles. The van der Waals surface area contributed by atoms with Crippen molar-refractivity contribution in [2.75, 3.05) is 0 Å². The summed E-state index contributed by atoms with van der Waals surface area (Å²) in [6.07, 6.45) is 0. The minimum absolute atomic E-state index is 0.171. The molecule has 2 aromatic heterocycles. The monoisotopic (exact) mass is 387 g/mol. The molecule has 1 N–H and O–H groups in total. The number of carbonyl (C=O) groups excluding carboxylic acids is 1. The second-order valence-electron chi connectivity index (χ2n) is 5.72. The molecule has 0 unspecified atom stereocenters. The van der Waals surface area contributed by atoms with Crippen molar-refractivity contribution in [1.82, 2.24) is 14.9 Å². The van der Waals surface area contributed by atoms with Gasteiger partial charge in [0.1, 0.15) is 16.9 Å². The normalized spacial score (nSPS) is 16.2. The van der Waals surface area contributed by atoms with Gasteiger partial charge in [-0.25, -0.2) is 4.98 Å². The lowest BCUT2D eigenvalue weighted by atomic mass is 10.1. The minimum atomic E-state index is -0.604. The Morgan fingerprint density at radius 1 is 1.36 bits per heavy atom. The van der Waals surface area contributed by atoms with Gasteiger partial charge in [0, 0.05) is 22.5 Å². The topological polar surface area (TPSA) is 64.0 Å². The van der Waals surface area contributed by atoms with Crippen molar-refractivity contribution in [2.24, 2.45) is 7.05 Å². The maximum atomic E-state index is 12.8. The lowest BCUT2D eigenvalue weighted by Gasteiger charge is -2.14. The van der Waals surface area contributed by atoms with Crippen LogP contribution in [0.2, 0.25) is 0 Å². The van der Waals surface area contributed by atoms with Crippen LogP contribution in [0.15, 0.2) is 39.5 Å². The standard InChI is InChI=1S/C17H13N3O2S3/c1-8-18-15-12(16(22)20(8)2)13(17(23)25-15)19-14(21)10-7-24-11-6-4-3-5-9(10)11/h3-7,13H,1-2H3,(H,19,21)/t13-/m0/s1. The van der Waals surface area contributed by atoms with Gasteiger partial charge in [-0.1, -0.05) is 42.2 Å². The number of thiophene rings is 1. The number of fused-ring (bicyclic) bond motifs is 2. The smallest absolute Gasteiger partial charge is 0.260 e. The van der Waals surface area contributed by atoms with Gasteiger partial charge in [0.2, 0.25) is 0 Å². The van der Waals surface area contributed by atoms with E-state index in [4.69, 9.17) is 12.2 Å². The Hall–Kier alpha value is -2.03. The molecule has 3 aromatic rings. The molecule has 0 bridgehead atoms. The van der Waals surface area contributed by atoms with Crippen molar-refractivity contribution in [2.45, 2.75) is 18.0 Å². The summed E-state index contributed by atoms with van der Waals surface area (Å²) in [5, 5.41) is 6.24. The van der Waals surface area contributed by atoms with E-state index >= 15 is 0 Å². The SMILES string of the molecule is Cc1nc2c(c(=O)n1C)[C@H](NC(=O)c1csc3ccccc13)C(=S)S2. The first kappa shape index (κ1) is 16.4. The number of aromatic nitrogens is 2. The molecule has 0 saturated heterocycles. The molecule has 0 saturated carbocycles. The van der Waals surface area contributed by atoms with E-state index in [-0.39, 0.29) is 11.5 Å². The number of carbonyl (C=O) groups is 1. The second-order valence-corrected chi connectivity index (χ2v) is 8.36. The number of benzene rings is 1.